The lowest BCUT2D eigenvalue weighted by Gasteiger charge is -2.11. The van der Waals surface area contributed by atoms with Crippen LogP contribution in [0.15, 0.2) is 36.5 Å². The van der Waals surface area contributed by atoms with Gasteiger partial charge in [0.05, 0.1) is 10.6 Å². The van der Waals surface area contributed by atoms with Gasteiger partial charge in [0.25, 0.3) is 5.91 Å². The Kier molecular flexibility index (Phi) is 7.48. The summed E-state index contributed by atoms with van der Waals surface area (Å²) >= 11 is 7.95. The maximum Gasteiger partial charge on any atom is 0.258 e. The molecular formula is C19H22ClN3O2S. The summed E-state index contributed by atoms with van der Waals surface area (Å²) in [6.07, 6.45) is 1.67. The molecule has 0 unspecified atom stereocenters. The fraction of sp³-hybridized carbons (Fsp3) is 0.316. The van der Waals surface area contributed by atoms with E-state index in [1.165, 1.54) is 0 Å². The van der Waals surface area contributed by atoms with Gasteiger partial charge in [-0.15, -0.1) is 0 Å². The third-order valence-corrected chi connectivity index (χ3v) is 4.82. The minimum atomic E-state index is -0.372. The molecule has 0 aliphatic carbocycles. The van der Waals surface area contributed by atoms with Gasteiger partial charge in [-0.1, -0.05) is 32.4 Å². The van der Waals surface area contributed by atoms with Crippen LogP contribution in [-0.2, 0) is 10.5 Å². The Morgan fingerprint density at radius 2 is 1.96 bits per heavy atom. The summed E-state index contributed by atoms with van der Waals surface area (Å²) < 4.78 is 0. The van der Waals surface area contributed by atoms with Crippen LogP contribution in [0.5, 0.6) is 0 Å². The van der Waals surface area contributed by atoms with Crippen LogP contribution in [0.25, 0.3) is 0 Å². The predicted octanol–water partition coefficient (Wildman–Crippen LogP) is 4.83. The number of thioether (sulfide) groups is 1. The van der Waals surface area contributed by atoms with Crippen molar-refractivity contribution in [3.05, 3.63) is 52.7 Å². The second kappa shape index (κ2) is 9.59. The average molecular weight is 392 g/mol. The zero-order valence-electron chi connectivity index (χ0n) is 15.0. The van der Waals surface area contributed by atoms with Crippen LogP contribution in [0.1, 0.15) is 36.7 Å². The standard InChI is InChI=1S/C19H22ClN3O2S/c1-4-26-11-13-7-8-21-17(9-13)23-19(25)15-10-14(5-6-16(15)20)22-18(24)12(2)3/h5-10,12H,4,11H2,1-3H3,(H,22,24)(H,21,23,25). The lowest BCUT2D eigenvalue weighted by atomic mass is 10.1. The van der Waals surface area contributed by atoms with Gasteiger partial charge in [0.2, 0.25) is 5.91 Å². The third-order valence-electron chi connectivity index (χ3n) is 3.54. The number of pyridine rings is 1. The average Bonchev–Trinajstić information content (AvgIpc) is 2.61. The summed E-state index contributed by atoms with van der Waals surface area (Å²) in [6, 6.07) is 8.59. The highest BCUT2D eigenvalue weighted by molar-refractivity contribution is 7.98. The Labute approximate surface area is 162 Å². The Morgan fingerprint density at radius 1 is 1.19 bits per heavy atom. The van der Waals surface area contributed by atoms with Crippen molar-refractivity contribution in [1.29, 1.82) is 0 Å². The summed E-state index contributed by atoms with van der Waals surface area (Å²) in [5.41, 5.74) is 1.90. The van der Waals surface area contributed by atoms with Crippen molar-refractivity contribution in [2.45, 2.75) is 26.5 Å². The summed E-state index contributed by atoms with van der Waals surface area (Å²) in [5, 5.41) is 5.83. The van der Waals surface area contributed by atoms with E-state index in [2.05, 4.69) is 22.5 Å². The molecule has 2 N–H and O–H groups in total. The predicted molar refractivity (Wildman–Crippen MR) is 109 cm³/mol. The Balaban J connectivity index is 2.15. The number of hydrogen-bond donors (Lipinski definition) is 2. The molecule has 5 nitrogen and oxygen atoms in total. The molecule has 0 aliphatic rings. The fourth-order valence-electron chi connectivity index (χ4n) is 2.10. The number of amides is 2. The highest BCUT2D eigenvalue weighted by Gasteiger charge is 2.14. The zero-order chi connectivity index (χ0) is 19.1. The van der Waals surface area contributed by atoms with Gasteiger partial charge in [-0.25, -0.2) is 4.98 Å². The lowest BCUT2D eigenvalue weighted by Crippen LogP contribution is -2.19. The first-order valence-electron chi connectivity index (χ1n) is 8.35. The van der Waals surface area contributed by atoms with Crippen LogP contribution >= 0.6 is 23.4 Å². The zero-order valence-corrected chi connectivity index (χ0v) is 16.6. The smallest absolute Gasteiger partial charge is 0.258 e. The number of carbonyl (C=O) groups excluding carboxylic acids is 2. The van der Waals surface area contributed by atoms with Crippen LogP contribution in [-0.4, -0.2) is 22.6 Å². The van der Waals surface area contributed by atoms with Crippen molar-refractivity contribution in [2.24, 2.45) is 5.92 Å². The first kappa shape index (κ1) is 20.3. The molecule has 0 fully saturated rings. The molecule has 2 aromatic rings. The lowest BCUT2D eigenvalue weighted by molar-refractivity contribution is -0.118. The van der Waals surface area contributed by atoms with Gasteiger partial charge in [-0.3, -0.25) is 9.59 Å². The maximum atomic E-state index is 12.6. The molecule has 1 aromatic carbocycles. The van der Waals surface area contributed by atoms with E-state index < -0.39 is 0 Å². The molecule has 7 heteroatoms. The van der Waals surface area contributed by atoms with Crippen LogP contribution in [0.2, 0.25) is 5.02 Å². The highest BCUT2D eigenvalue weighted by Crippen LogP contribution is 2.22. The summed E-state index contributed by atoms with van der Waals surface area (Å²) in [4.78, 5) is 28.6. The molecule has 26 heavy (non-hydrogen) atoms. The number of anilines is 2. The topological polar surface area (TPSA) is 71.1 Å². The van der Waals surface area contributed by atoms with Gasteiger partial charge in [0, 0.05) is 23.6 Å². The molecule has 0 radical (unpaired) electrons. The number of carbonyl (C=O) groups is 2. The summed E-state index contributed by atoms with van der Waals surface area (Å²) in [5.74, 6) is 1.70. The monoisotopic (exact) mass is 391 g/mol. The molecule has 0 saturated heterocycles. The van der Waals surface area contributed by atoms with E-state index in [1.807, 2.05) is 12.1 Å². The van der Waals surface area contributed by atoms with Crippen molar-refractivity contribution in [2.75, 3.05) is 16.4 Å². The van der Waals surface area contributed by atoms with E-state index in [0.29, 0.717) is 16.5 Å². The van der Waals surface area contributed by atoms with Crippen LogP contribution in [0.4, 0.5) is 11.5 Å². The van der Waals surface area contributed by atoms with E-state index in [0.717, 1.165) is 17.1 Å². The van der Waals surface area contributed by atoms with Crippen molar-refractivity contribution in [3.8, 4) is 0 Å². The molecule has 0 aliphatic heterocycles. The van der Waals surface area contributed by atoms with Crippen molar-refractivity contribution in [3.63, 3.8) is 0 Å². The van der Waals surface area contributed by atoms with Crippen LogP contribution < -0.4 is 10.6 Å². The van der Waals surface area contributed by atoms with Crippen molar-refractivity contribution >= 4 is 46.7 Å². The SMILES string of the molecule is CCSCc1ccnc(NC(=O)c2cc(NC(=O)C(C)C)ccc2Cl)c1. The highest BCUT2D eigenvalue weighted by atomic mass is 35.5. The molecule has 1 heterocycles. The number of rotatable bonds is 7. The molecule has 138 valence electrons. The van der Waals surface area contributed by atoms with E-state index in [4.69, 9.17) is 11.6 Å². The van der Waals surface area contributed by atoms with Gasteiger partial charge in [-0.05, 0) is 41.6 Å². The first-order valence-corrected chi connectivity index (χ1v) is 9.88. The van der Waals surface area contributed by atoms with Gasteiger partial charge in [0.15, 0.2) is 0 Å². The summed E-state index contributed by atoms with van der Waals surface area (Å²) in [6.45, 7) is 5.70. The van der Waals surface area contributed by atoms with Crippen LogP contribution in [0.3, 0.4) is 0 Å². The van der Waals surface area contributed by atoms with Gasteiger partial charge < -0.3 is 10.6 Å². The first-order chi connectivity index (χ1) is 12.4. The molecule has 1 aromatic heterocycles. The fourth-order valence-corrected chi connectivity index (χ4v) is 2.92. The number of nitrogens with one attached hydrogen (secondary N) is 2. The van der Waals surface area contributed by atoms with Gasteiger partial charge in [0.1, 0.15) is 5.82 Å². The number of aromatic nitrogens is 1. The number of benzene rings is 1. The quantitative estimate of drug-likeness (QED) is 0.708. The Hall–Kier alpha value is -2.05. The van der Waals surface area contributed by atoms with E-state index in [9.17, 15) is 9.59 Å². The number of nitrogens with zero attached hydrogens (tertiary/aromatic N) is 1. The molecule has 0 atom stereocenters. The minimum Gasteiger partial charge on any atom is -0.326 e. The van der Waals surface area contributed by atoms with E-state index in [1.54, 1.807) is 50.0 Å². The maximum absolute atomic E-state index is 12.6. The van der Waals surface area contributed by atoms with E-state index in [-0.39, 0.29) is 23.3 Å². The molecule has 0 saturated carbocycles. The van der Waals surface area contributed by atoms with Gasteiger partial charge >= 0.3 is 0 Å². The molecule has 2 rings (SSSR count). The Morgan fingerprint density at radius 3 is 2.65 bits per heavy atom. The van der Waals surface area contributed by atoms with Crippen LogP contribution in [0, 0.1) is 5.92 Å². The molecule has 0 bridgehead atoms. The van der Waals surface area contributed by atoms with Gasteiger partial charge in [-0.2, -0.15) is 11.8 Å². The van der Waals surface area contributed by atoms with E-state index >= 15 is 0 Å². The Bertz CT molecular complexity index is 796. The summed E-state index contributed by atoms with van der Waals surface area (Å²) in [7, 11) is 0. The molecule has 2 amide bonds. The largest absolute Gasteiger partial charge is 0.326 e. The second-order valence-electron chi connectivity index (χ2n) is 5.98. The molecular weight excluding hydrogens is 370 g/mol. The molecule has 0 spiro atoms. The number of halogens is 1. The minimum absolute atomic E-state index is 0.124. The normalized spacial score (nSPS) is 10.7. The van der Waals surface area contributed by atoms with Crippen molar-refractivity contribution < 1.29 is 9.59 Å². The number of hydrogen-bond acceptors (Lipinski definition) is 4. The third kappa shape index (κ3) is 5.75. The second-order valence-corrected chi connectivity index (χ2v) is 7.66. The van der Waals surface area contributed by atoms with Crippen molar-refractivity contribution in [1.82, 2.24) is 4.98 Å².